The molecular weight excluding hydrogens is 244 g/mol. The van der Waals surface area contributed by atoms with Crippen molar-refractivity contribution in [2.24, 2.45) is 0 Å². The van der Waals surface area contributed by atoms with Crippen LogP contribution in [0.25, 0.3) is 0 Å². The van der Waals surface area contributed by atoms with Gasteiger partial charge in [0.05, 0.1) is 0 Å². The standard InChI is InChI=1S/C14H24O3Si/c1-4-12-17-18(15-5-2,16-6-3)13-14-10-8-7-9-11-14/h7-11H,4-6,12-13H2,1-3H3. The molecule has 0 heterocycles. The van der Waals surface area contributed by atoms with Gasteiger partial charge in [-0.2, -0.15) is 0 Å². The van der Waals surface area contributed by atoms with Crippen molar-refractivity contribution in [3.05, 3.63) is 35.9 Å². The SMILES string of the molecule is CCCO[Si](Cc1ccccc1)(OCC)OCC. The summed E-state index contributed by atoms with van der Waals surface area (Å²) in [6, 6.07) is 11.0. The first kappa shape index (κ1) is 15.4. The summed E-state index contributed by atoms with van der Waals surface area (Å²) in [7, 11) is -2.56. The van der Waals surface area contributed by atoms with Crippen molar-refractivity contribution in [3.63, 3.8) is 0 Å². The van der Waals surface area contributed by atoms with Gasteiger partial charge < -0.3 is 13.3 Å². The fourth-order valence-electron chi connectivity index (χ4n) is 1.82. The summed E-state index contributed by atoms with van der Waals surface area (Å²) < 4.78 is 17.7. The highest BCUT2D eigenvalue weighted by molar-refractivity contribution is 6.60. The predicted octanol–water partition coefficient (Wildman–Crippen LogP) is 3.21. The fraction of sp³-hybridized carbons (Fsp3) is 0.571. The molecule has 0 atom stereocenters. The molecule has 0 spiro atoms. The van der Waals surface area contributed by atoms with Crippen LogP contribution in [0.5, 0.6) is 0 Å². The van der Waals surface area contributed by atoms with Crippen molar-refractivity contribution in [2.45, 2.75) is 33.2 Å². The number of rotatable bonds is 9. The smallest absolute Gasteiger partial charge is 0.374 e. The van der Waals surface area contributed by atoms with Gasteiger partial charge in [0.1, 0.15) is 0 Å². The first-order valence-corrected chi connectivity index (χ1v) is 8.65. The van der Waals surface area contributed by atoms with Crippen LogP contribution in [0.2, 0.25) is 0 Å². The van der Waals surface area contributed by atoms with E-state index >= 15 is 0 Å². The Bertz CT molecular complexity index is 310. The molecule has 0 unspecified atom stereocenters. The van der Waals surface area contributed by atoms with Gasteiger partial charge in [0.25, 0.3) is 0 Å². The summed E-state index contributed by atoms with van der Waals surface area (Å²) in [6.07, 6.45) is 0.976. The molecule has 1 aromatic carbocycles. The normalized spacial score (nSPS) is 11.7. The first-order chi connectivity index (χ1) is 8.76. The molecule has 1 rings (SSSR count). The van der Waals surface area contributed by atoms with E-state index in [2.05, 4.69) is 19.1 Å². The molecule has 0 N–H and O–H groups in total. The lowest BCUT2D eigenvalue weighted by molar-refractivity contribution is 0.0662. The van der Waals surface area contributed by atoms with Crippen molar-refractivity contribution in [2.75, 3.05) is 19.8 Å². The van der Waals surface area contributed by atoms with E-state index in [1.54, 1.807) is 0 Å². The third kappa shape index (κ3) is 4.90. The highest BCUT2D eigenvalue weighted by Gasteiger charge is 2.40. The molecule has 0 aliphatic heterocycles. The molecule has 0 aliphatic rings. The van der Waals surface area contributed by atoms with Crippen molar-refractivity contribution in [1.82, 2.24) is 0 Å². The Hall–Kier alpha value is -0.683. The maximum absolute atomic E-state index is 5.96. The molecule has 102 valence electrons. The van der Waals surface area contributed by atoms with E-state index in [1.165, 1.54) is 5.56 Å². The maximum Gasteiger partial charge on any atom is 0.505 e. The molecule has 0 saturated heterocycles. The van der Waals surface area contributed by atoms with Crippen LogP contribution in [0.3, 0.4) is 0 Å². The van der Waals surface area contributed by atoms with Crippen LogP contribution in [0.1, 0.15) is 32.8 Å². The van der Waals surface area contributed by atoms with Gasteiger partial charge in [-0.25, -0.2) is 0 Å². The Morgan fingerprint density at radius 2 is 1.50 bits per heavy atom. The zero-order valence-electron chi connectivity index (χ0n) is 11.6. The van der Waals surface area contributed by atoms with E-state index in [1.807, 2.05) is 32.0 Å². The van der Waals surface area contributed by atoms with E-state index in [0.717, 1.165) is 12.5 Å². The molecule has 0 aliphatic carbocycles. The van der Waals surface area contributed by atoms with E-state index in [4.69, 9.17) is 13.3 Å². The average Bonchev–Trinajstić information content (AvgIpc) is 2.38. The summed E-state index contributed by atoms with van der Waals surface area (Å²) >= 11 is 0. The molecular formula is C14H24O3Si. The van der Waals surface area contributed by atoms with Crippen LogP contribution in [-0.4, -0.2) is 28.6 Å². The molecule has 0 fully saturated rings. The molecule has 0 radical (unpaired) electrons. The van der Waals surface area contributed by atoms with Gasteiger partial charge in [-0.3, -0.25) is 0 Å². The largest absolute Gasteiger partial charge is 0.505 e. The third-order valence-electron chi connectivity index (χ3n) is 2.52. The molecule has 0 amide bonds. The summed E-state index contributed by atoms with van der Waals surface area (Å²) in [6.45, 7) is 8.02. The molecule has 18 heavy (non-hydrogen) atoms. The Morgan fingerprint density at radius 1 is 0.889 bits per heavy atom. The first-order valence-electron chi connectivity index (χ1n) is 6.72. The van der Waals surface area contributed by atoms with Crippen molar-refractivity contribution < 1.29 is 13.3 Å². The second kappa shape index (κ2) is 8.42. The Kier molecular flexibility index (Phi) is 7.20. The Labute approximate surface area is 111 Å². The molecule has 0 bridgehead atoms. The van der Waals surface area contributed by atoms with Gasteiger partial charge in [0, 0.05) is 25.9 Å². The quantitative estimate of drug-likeness (QED) is 0.644. The predicted molar refractivity (Wildman–Crippen MR) is 75.4 cm³/mol. The van der Waals surface area contributed by atoms with E-state index in [0.29, 0.717) is 19.8 Å². The molecule has 3 nitrogen and oxygen atoms in total. The van der Waals surface area contributed by atoms with Crippen LogP contribution in [-0.2, 0) is 19.3 Å². The maximum atomic E-state index is 5.96. The molecule has 4 heteroatoms. The van der Waals surface area contributed by atoms with E-state index in [9.17, 15) is 0 Å². The molecule has 1 aromatic rings. The summed E-state index contributed by atoms with van der Waals surface area (Å²) in [5, 5.41) is 0. The number of hydrogen-bond donors (Lipinski definition) is 0. The second-order valence-electron chi connectivity index (χ2n) is 4.06. The van der Waals surface area contributed by atoms with Crippen LogP contribution >= 0.6 is 0 Å². The van der Waals surface area contributed by atoms with Crippen molar-refractivity contribution >= 4 is 8.80 Å². The lowest BCUT2D eigenvalue weighted by Gasteiger charge is -2.28. The van der Waals surface area contributed by atoms with Crippen LogP contribution in [0.15, 0.2) is 30.3 Å². The van der Waals surface area contributed by atoms with E-state index < -0.39 is 8.80 Å². The van der Waals surface area contributed by atoms with Crippen LogP contribution < -0.4 is 0 Å². The highest BCUT2D eigenvalue weighted by Crippen LogP contribution is 2.17. The number of benzene rings is 1. The monoisotopic (exact) mass is 268 g/mol. The topological polar surface area (TPSA) is 27.7 Å². The fourth-order valence-corrected chi connectivity index (χ4v) is 4.51. The average molecular weight is 268 g/mol. The van der Waals surface area contributed by atoms with Crippen LogP contribution in [0, 0.1) is 0 Å². The van der Waals surface area contributed by atoms with Gasteiger partial charge in [-0.05, 0) is 25.8 Å². The second-order valence-corrected chi connectivity index (χ2v) is 6.65. The minimum atomic E-state index is -2.56. The van der Waals surface area contributed by atoms with Gasteiger partial charge in [0.15, 0.2) is 0 Å². The zero-order chi connectivity index (χ0) is 13.3. The Balaban J connectivity index is 2.79. The lowest BCUT2D eigenvalue weighted by atomic mass is 10.2. The molecule has 0 saturated carbocycles. The van der Waals surface area contributed by atoms with Crippen LogP contribution in [0.4, 0.5) is 0 Å². The van der Waals surface area contributed by atoms with Crippen molar-refractivity contribution in [1.29, 1.82) is 0 Å². The lowest BCUT2D eigenvalue weighted by Crippen LogP contribution is -2.48. The van der Waals surface area contributed by atoms with Gasteiger partial charge in [-0.15, -0.1) is 0 Å². The van der Waals surface area contributed by atoms with Gasteiger partial charge in [-0.1, -0.05) is 37.3 Å². The summed E-state index contributed by atoms with van der Waals surface area (Å²) in [4.78, 5) is 0. The number of hydrogen-bond acceptors (Lipinski definition) is 3. The van der Waals surface area contributed by atoms with Gasteiger partial charge in [0.2, 0.25) is 0 Å². The summed E-state index contributed by atoms with van der Waals surface area (Å²) in [5.74, 6) is 0. The van der Waals surface area contributed by atoms with Crippen molar-refractivity contribution in [3.8, 4) is 0 Å². The molecule has 0 aromatic heterocycles. The Morgan fingerprint density at radius 3 is 2.00 bits per heavy atom. The van der Waals surface area contributed by atoms with Gasteiger partial charge >= 0.3 is 8.80 Å². The zero-order valence-corrected chi connectivity index (χ0v) is 12.6. The minimum Gasteiger partial charge on any atom is -0.374 e. The third-order valence-corrected chi connectivity index (χ3v) is 5.46. The van der Waals surface area contributed by atoms with E-state index in [-0.39, 0.29) is 0 Å². The highest BCUT2D eigenvalue weighted by atomic mass is 28.4. The minimum absolute atomic E-state index is 0.628. The summed E-state index contributed by atoms with van der Waals surface area (Å²) in [5.41, 5.74) is 1.21.